The van der Waals surface area contributed by atoms with Gasteiger partial charge in [0.25, 0.3) is 5.91 Å². The highest BCUT2D eigenvalue weighted by atomic mass is 16.5. The summed E-state index contributed by atoms with van der Waals surface area (Å²) in [6, 6.07) is 11.1. The lowest BCUT2D eigenvalue weighted by Gasteiger charge is -2.26. The number of carbonyl (C=O) groups is 2. The number of ether oxygens (including phenoxy) is 1. The maximum absolute atomic E-state index is 12.2. The number of likely N-dealkylation sites (tertiary alicyclic amines) is 1. The van der Waals surface area contributed by atoms with Crippen LogP contribution in [0.5, 0.6) is 0 Å². The zero-order chi connectivity index (χ0) is 24.6. The van der Waals surface area contributed by atoms with Gasteiger partial charge in [-0.2, -0.15) is 0 Å². The Hall–Kier alpha value is -3.71. The Morgan fingerprint density at radius 2 is 2.00 bits per heavy atom. The summed E-state index contributed by atoms with van der Waals surface area (Å²) < 4.78 is 7.02. The first kappa shape index (κ1) is 23.1. The Morgan fingerprint density at radius 1 is 1.20 bits per heavy atom. The van der Waals surface area contributed by atoms with Gasteiger partial charge >= 0.3 is 5.97 Å². The van der Waals surface area contributed by atoms with Crippen LogP contribution >= 0.6 is 0 Å². The van der Waals surface area contributed by atoms with Crippen molar-refractivity contribution in [2.45, 2.75) is 18.6 Å². The summed E-state index contributed by atoms with van der Waals surface area (Å²) in [5.74, 6) is 4.05. The van der Waals surface area contributed by atoms with Crippen LogP contribution in [0, 0.1) is 11.8 Å². The fourth-order valence-electron chi connectivity index (χ4n) is 4.49. The van der Waals surface area contributed by atoms with Crippen LogP contribution in [-0.2, 0) is 16.1 Å². The van der Waals surface area contributed by atoms with Crippen LogP contribution in [0.1, 0.15) is 28.2 Å². The van der Waals surface area contributed by atoms with Crippen molar-refractivity contribution in [3.63, 3.8) is 0 Å². The first-order chi connectivity index (χ1) is 16.8. The molecule has 0 unspecified atom stereocenters. The third kappa shape index (κ3) is 4.51. The van der Waals surface area contributed by atoms with Crippen molar-refractivity contribution in [2.75, 3.05) is 39.9 Å². The summed E-state index contributed by atoms with van der Waals surface area (Å²) in [5, 5.41) is 20.4. The summed E-state index contributed by atoms with van der Waals surface area (Å²) in [6.45, 7) is 4.22. The fourth-order valence-corrected chi connectivity index (χ4v) is 4.49. The Bertz CT molecular complexity index is 1370. The van der Waals surface area contributed by atoms with Gasteiger partial charge in [-0.25, -0.2) is 9.78 Å². The summed E-state index contributed by atoms with van der Waals surface area (Å²) in [6.07, 6.45) is 2.08. The molecule has 0 spiro atoms. The average Bonchev–Trinajstić information content (AvgIpc) is 3.37. The number of carboxylic acid groups (broad SMARTS) is 1. The highest BCUT2D eigenvalue weighted by Crippen LogP contribution is 2.27. The van der Waals surface area contributed by atoms with Crippen LogP contribution < -0.4 is 0 Å². The van der Waals surface area contributed by atoms with Crippen molar-refractivity contribution < 1.29 is 24.5 Å². The molecule has 9 heteroatoms. The normalized spacial score (nSPS) is 20.7. The highest BCUT2D eigenvalue weighted by molar-refractivity contribution is 5.91. The lowest BCUT2D eigenvalue weighted by molar-refractivity contribution is -0.137. The molecule has 1 atom stereocenters. The summed E-state index contributed by atoms with van der Waals surface area (Å²) in [4.78, 5) is 32.3. The molecule has 180 valence electrons. The molecule has 3 aromatic rings. The molecular formula is C26H26N4O5. The maximum atomic E-state index is 12.2. The van der Waals surface area contributed by atoms with Gasteiger partial charge in [0.2, 0.25) is 11.4 Å². The van der Waals surface area contributed by atoms with E-state index in [1.807, 2.05) is 24.4 Å². The molecule has 9 nitrogen and oxygen atoms in total. The second-order valence-corrected chi connectivity index (χ2v) is 8.94. The van der Waals surface area contributed by atoms with Gasteiger partial charge in [-0.3, -0.25) is 14.1 Å². The van der Waals surface area contributed by atoms with Gasteiger partial charge in [-0.15, -0.1) is 0 Å². The third-order valence-corrected chi connectivity index (χ3v) is 6.46. The number of hydrogen-bond donors (Lipinski definition) is 2. The minimum atomic E-state index is -1.68. The monoisotopic (exact) mass is 474 g/mol. The maximum Gasteiger partial charge on any atom is 0.372 e. The number of amides is 1. The van der Waals surface area contributed by atoms with E-state index >= 15 is 0 Å². The quantitative estimate of drug-likeness (QED) is 0.552. The Kier molecular flexibility index (Phi) is 6.03. The molecule has 2 fully saturated rings. The molecule has 2 N–H and O–H groups in total. The number of pyridine rings is 1. The summed E-state index contributed by atoms with van der Waals surface area (Å²) in [7, 11) is 1.64. The standard InChI is InChI=1S/C26H26N4O5/c1-28-10-9-26(34,25(28)33)8-7-18-3-2-4-20(15-18)22-21-6-5-19(16-29-11-13-35-14-12-29)17-30(21)23(27-22)24(31)32/h2-6,15,17,34H,9-14,16H2,1H3,(H,31,32)/t26-/m0/s1. The number of imidazole rings is 1. The largest absolute Gasteiger partial charge is 0.475 e. The predicted octanol–water partition coefficient (Wildman–Crippen LogP) is 1.48. The van der Waals surface area contributed by atoms with Crippen LogP contribution in [0.3, 0.4) is 0 Å². The molecule has 2 saturated heterocycles. The number of hydrogen-bond acceptors (Lipinski definition) is 6. The van der Waals surface area contributed by atoms with Crippen molar-refractivity contribution in [2.24, 2.45) is 0 Å². The van der Waals surface area contributed by atoms with Gasteiger partial charge < -0.3 is 19.8 Å². The van der Waals surface area contributed by atoms with Crippen LogP contribution in [0.25, 0.3) is 16.8 Å². The Balaban J connectivity index is 1.49. The SMILES string of the molecule is CN1CC[C@@](O)(C#Cc2cccc(-c3nc(C(=O)O)n4cc(CN5CCOCC5)ccc34)c2)C1=O. The molecule has 2 aliphatic heterocycles. The number of carboxylic acids is 1. The number of rotatable bonds is 4. The number of carbonyl (C=O) groups excluding carboxylic acids is 1. The van der Waals surface area contributed by atoms with Crippen molar-refractivity contribution in [1.82, 2.24) is 19.2 Å². The highest BCUT2D eigenvalue weighted by Gasteiger charge is 2.42. The first-order valence-corrected chi connectivity index (χ1v) is 11.5. The molecule has 2 aromatic heterocycles. The molecule has 1 amide bonds. The summed E-state index contributed by atoms with van der Waals surface area (Å²) >= 11 is 0. The predicted molar refractivity (Wildman–Crippen MR) is 128 cm³/mol. The topological polar surface area (TPSA) is 108 Å². The van der Waals surface area contributed by atoms with Crippen LogP contribution in [-0.4, -0.2) is 86.8 Å². The van der Waals surface area contributed by atoms with E-state index < -0.39 is 17.5 Å². The van der Waals surface area contributed by atoms with E-state index in [-0.39, 0.29) is 12.2 Å². The van der Waals surface area contributed by atoms with E-state index in [1.54, 1.807) is 29.6 Å². The van der Waals surface area contributed by atoms with Crippen LogP contribution in [0.2, 0.25) is 0 Å². The number of likely N-dealkylation sites (N-methyl/N-ethyl adjacent to an activating group) is 1. The number of fused-ring (bicyclic) bond motifs is 1. The van der Waals surface area contributed by atoms with Gasteiger partial charge in [0, 0.05) is 57.0 Å². The molecule has 0 radical (unpaired) electrons. The molecular weight excluding hydrogens is 448 g/mol. The van der Waals surface area contributed by atoms with Gasteiger partial charge in [-0.1, -0.05) is 30.0 Å². The molecule has 0 saturated carbocycles. The Morgan fingerprint density at radius 3 is 2.71 bits per heavy atom. The minimum Gasteiger partial charge on any atom is -0.475 e. The number of aromatic carboxylic acids is 1. The van der Waals surface area contributed by atoms with Gasteiger partial charge in [0.15, 0.2) is 0 Å². The molecule has 0 aliphatic carbocycles. The first-order valence-electron chi connectivity index (χ1n) is 11.5. The summed E-state index contributed by atoms with van der Waals surface area (Å²) in [5.41, 5.74) is 1.80. The smallest absolute Gasteiger partial charge is 0.372 e. The molecule has 4 heterocycles. The average molecular weight is 475 g/mol. The lowest BCUT2D eigenvalue weighted by Crippen LogP contribution is -2.37. The molecule has 2 aliphatic rings. The van der Waals surface area contributed by atoms with E-state index in [4.69, 9.17) is 4.74 Å². The van der Waals surface area contributed by atoms with Crippen molar-refractivity contribution in [3.8, 4) is 23.1 Å². The van der Waals surface area contributed by atoms with E-state index in [1.165, 1.54) is 4.90 Å². The van der Waals surface area contributed by atoms with Gasteiger partial charge in [0.1, 0.15) is 0 Å². The van der Waals surface area contributed by atoms with Gasteiger partial charge in [-0.05, 0) is 23.8 Å². The fraction of sp³-hybridized carbons (Fsp3) is 0.346. The lowest BCUT2D eigenvalue weighted by atomic mass is 10.0. The van der Waals surface area contributed by atoms with Crippen LogP contribution in [0.15, 0.2) is 42.6 Å². The van der Waals surface area contributed by atoms with E-state index in [2.05, 4.69) is 21.7 Å². The molecule has 35 heavy (non-hydrogen) atoms. The zero-order valence-electron chi connectivity index (χ0n) is 19.4. The third-order valence-electron chi connectivity index (χ3n) is 6.46. The second kappa shape index (κ2) is 9.15. The minimum absolute atomic E-state index is 0.0655. The van der Waals surface area contributed by atoms with Crippen molar-refractivity contribution >= 4 is 17.4 Å². The number of morpholine rings is 1. The van der Waals surface area contributed by atoms with Crippen molar-refractivity contribution in [3.05, 3.63) is 59.5 Å². The second-order valence-electron chi connectivity index (χ2n) is 8.94. The number of benzene rings is 1. The van der Waals surface area contributed by atoms with E-state index in [0.29, 0.717) is 48.6 Å². The Labute approximate surface area is 202 Å². The van der Waals surface area contributed by atoms with Gasteiger partial charge in [0.05, 0.1) is 24.4 Å². The molecule has 0 bridgehead atoms. The zero-order valence-corrected chi connectivity index (χ0v) is 19.4. The molecule has 5 rings (SSSR count). The number of aliphatic hydroxyl groups is 1. The van der Waals surface area contributed by atoms with Crippen molar-refractivity contribution in [1.29, 1.82) is 0 Å². The number of nitrogens with zero attached hydrogens (tertiary/aromatic N) is 4. The van der Waals surface area contributed by atoms with E-state index in [9.17, 15) is 19.8 Å². The van der Waals surface area contributed by atoms with E-state index in [0.717, 1.165) is 18.7 Å². The number of aromatic nitrogens is 2. The van der Waals surface area contributed by atoms with Crippen LogP contribution in [0.4, 0.5) is 0 Å². The molecule has 1 aromatic carbocycles.